The minimum absolute atomic E-state index is 0.306. The molecule has 5 nitrogen and oxygen atoms in total. The van der Waals surface area contributed by atoms with E-state index < -0.39 is 0 Å². The number of nitrogens with one attached hydrogen (secondary N) is 2. The molecule has 26 heavy (non-hydrogen) atoms. The van der Waals surface area contributed by atoms with E-state index in [-0.39, 0.29) is 0 Å². The lowest BCUT2D eigenvalue weighted by atomic mass is 10.2. The van der Waals surface area contributed by atoms with Gasteiger partial charge in [0.1, 0.15) is 5.82 Å². The normalized spacial score (nSPS) is 11.8. The Morgan fingerprint density at radius 3 is 2.62 bits per heavy atom. The molecule has 1 atom stereocenters. The Balaban J connectivity index is 1.86. The lowest BCUT2D eigenvalue weighted by Gasteiger charge is -2.14. The van der Waals surface area contributed by atoms with Crippen molar-refractivity contribution in [1.29, 1.82) is 0 Å². The van der Waals surface area contributed by atoms with E-state index in [1.807, 2.05) is 30.3 Å². The maximum absolute atomic E-state index is 4.66. The van der Waals surface area contributed by atoms with Gasteiger partial charge in [-0.25, -0.2) is 4.98 Å². The maximum Gasteiger partial charge on any atom is 0.225 e. The summed E-state index contributed by atoms with van der Waals surface area (Å²) in [5.41, 5.74) is 3.06. The molecule has 0 aliphatic heterocycles. The first-order valence-corrected chi connectivity index (χ1v) is 9.47. The number of rotatable bonds is 7. The molecule has 2 N–H and O–H groups in total. The SMILES string of the molecule is CC[C@H](C)Nc1nc(NCc2cccc(Br)c2)cc(-c2ccncc2)n1. The van der Waals surface area contributed by atoms with Crippen LogP contribution in [-0.4, -0.2) is 21.0 Å². The molecule has 0 spiro atoms. The van der Waals surface area contributed by atoms with Crippen LogP contribution in [0.15, 0.2) is 59.3 Å². The smallest absolute Gasteiger partial charge is 0.225 e. The van der Waals surface area contributed by atoms with E-state index >= 15 is 0 Å². The monoisotopic (exact) mass is 411 g/mol. The van der Waals surface area contributed by atoms with Crippen molar-refractivity contribution in [3.63, 3.8) is 0 Å². The second-order valence-electron chi connectivity index (χ2n) is 6.14. The number of anilines is 2. The molecule has 0 fully saturated rings. The van der Waals surface area contributed by atoms with Gasteiger partial charge in [-0.05, 0) is 43.2 Å². The minimum atomic E-state index is 0.306. The Bertz CT molecular complexity index is 854. The average molecular weight is 412 g/mol. The lowest BCUT2D eigenvalue weighted by Crippen LogP contribution is -2.16. The van der Waals surface area contributed by atoms with Crippen molar-refractivity contribution >= 4 is 27.7 Å². The minimum Gasteiger partial charge on any atom is -0.366 e. The third kappa shape index (κ3) is 5.02. The summed E-state index contributed by atoms with van der Waals surface area (Å²) in [4.78, 5) is 13.4. The molecule has 134 valence electrons. The summed E-state index contributed by atoms with van der Waals surface area (Å²) < 4.78 is 1.07. The molecule has 0 amide bonds. The fourth-order valence-corrected chi connectivity index (χ4v) is 2.88. The predicted octanol–water partition coefficient (Wildman–Crippen LogP) is 5.12. The first kappa shape index (κ1) is 18.3. The molecule has 6 heteroatoms. The van der Waals surface area contributed by atoms with Crippen molar-refractivity contribution in [3.8, 4) is 11.3 Å². The zero-order valence-corrected chi connectivity index (χ0v) is 16.5. The van der Waals surface area contributed by atoms with Gasteiger partial charge in [0.05, 0.1) is 5.69 Å². The Morgan fingerprint density at radius 1 is 1.08 bits per heavy atom. The second-order valence-corrected chi connectivity index (χ2v) is 7.05. The molecule has 0 radical (unpaired) electrons. The van der Waals surface area contributed by atoms with Crippen LogP contribution < -0.4 is 10.6 Å². The highest BCUT2D eigenvalue weighted by molar-refractivity contribution is 9.10. The summed E-state index contributed by atoms with van der Waals surface area (Å²) in [7, 11) is 0. The first-order valence-electron chi connectivity index (χ1n) is 8.68. The van der Waals surface area contributed by atoms with Gasteiger partial charge >= 0.3 is 0 Å². The number of hydrogen-bond donors (Lipinski definition) is 2. The largest absolute Gasteiger partial charge is 0.366 e. The van der Waals surface area contributed by atoms with E-state index in [1.165, 1.54) is 5.56 Å². The highest BCUT2D eigenvalue weighted by Gasteiger charge is 2.09. The van der Waals surface area contributed by atoms with Crippen LogP contribution >= 0.6 is 15.9 Å². The van der Waals surface area contributed by atoms with Crippen molar-refractivity contribution in [2.75, 3.05) is 10.6 Å². The topological polar surface area (TPSA) is 62.7 Å². The quantitative estimate of drug-likeness (QED) is 0.564. The summed E-state index contributed by atoms with van der Waals surface area (Å²) >= 11 is 3.51. The molecule has 2 aromatic heterocycles. The predicted molar refractivity (Wildman–Crippen MR) is 110 cm³/mol. The van der Waals surface area contributed by atoms with Gasteiger partial charge in [0.2, 0.25) is 5.95 Å². The van der Waals surface area contributed by atoms with Crippen molar-refractivity contribution in [1.82, 2.24) is 15.0 Å². The molecule has 0 saturated carbocycles. The van der Waals surface area contributed by atoms with E-state index in [9.17, 15) is 0 Å². The van der Waals surface area contributed by atoms with E-state index in [0.717, 1.165) is 28.0 Å². The van der Waals surface area contributed by atoms with Crippen LogP contribution in [0.2, 0.25) is 0 Å². The van der Waals surface area contributed by atoms with Crippen LogP contribution in [0, 0.1) is 0 Å². The summed E-state index contributed by atoms with van der Waals surface area (Å²) in [5.74, 6) is 1.42. The molecule has 0 aliphatic rings. The van der Waals surface area contributed by atoms with Crippen LogP contribution in [0.3, 0.4) is 0 Å². The summed E-state index contributed by atoms with van der Waals surface area (Å²) in [6.07, 6.45) is 4.55. The molecule has 0 unspecified atom stereocenters. The number of pyridine rings is 1. The Kier molecular flexibility index (Phi) is 6.17. The van der Waals surface area contributed by atoms with Crippen LogP contribution in [0.1, 0.15) is 25.8 Å². The molecule has 0 bridgehead atoms. The van der Waals surface area contributed by atoms with Gasteiger partial charge in [-0.2, -0.15) is 4.98 Å². The van der Waals surface area contributed by atoms with Crippen molar-refractivity contribution in [2.45, 2.75) is 32.9 Å². The highest BCUT2D eigenvalue weighted by atomic mass is 79.9. The summed E-state index contributed by atoms with van der Waals surface area (Å²) in [6.45, 7) is 4.95. The van der Waals surface area contributed by atoms with Gasteiger partial charge in [-0.15, -0.1) is 0 Å². The van der Waals surface area contributed by atoms with Crippen LogP contribution in [0.5, 0.6) is 0 Å². The average Bonchev–Trinajstić information content (AvgIpc) is 2.67. The number of halogens is 1. The fourth-order valence-electron chi connectivity index (χ4n) is 2.43. The third-order valence-corrected chi connectivity index (χ3v) is 4.55. The maximum atomic E-state index is 4.66. The second kappa shape index (κ2) is 8.76. The molecule has 2 heterocycles. The van der Waals surface area contributed by atoms with Crippen LogP contribution in [0.25, 0.3) is 11.3 Å². The van der Waals surface area contributed by atoms with E-state index in [4.69, 9.17) is 0 Å². The summed E-state index contributed by atoms with van der Waals surface area (Å²) in [5, 5.41) is 6.77. The molecular formula is C20H22BrN5. The van der Waals surface area contributed by atoms with E-state index in [2.05, 4.69) is 67.5 Å². The number of hydrogen-bond acceptors (Lipinski definition) is 5. The zero-order chi connectivity index (χ0) is 18.4. The molecule has 0 saturated heterocycles. The van der Waals surface area contributed by atoms with Gasteiger partial charge in [0, 0.05) is 41.1 Å². The van der Waals surface area contributed by atoms with Crippen LogP contribution in [0.4, 0.5) is 11.8 Å². The molecule has 3 rings (SSSR count). The van der Waals surface area contributed by atoms with Gasteiger partial charge in [0.15, 0.2) is 0 Å². The van der Waals surface area contributed by atoms with Gasteiger partial charge in [-0.1, -0.05) is 35.0 Å². The van der Waals surface area contributed by atoms with E-state index in [1.54, 1.807) is 12.4 Å². The number of nitrogens with zero attached hydrogens (tertiary/aromatic N) is 3. The molecule has 3 aromatic rings. The Labute approximate surface area is 162 Å². The number of aromatic nitrogens is 3. The van der Waals surface area contributed by atoms with Crippen molar-refractivity contribution in [3.05, 3.63) is 64.9 Å². The number of benzene rings is 1. The Hall–Kier alpha value is -2.47. The fraction of sp³-hybridized carbons (Fsp3) is 0.250. The lowest BCUT2D eigenvalue weighted by molar-refractivity contribution is 0.753. The zero-order valence-electron chi connectivity index (χ0n) is 14.9. The third-order valence-electron chi connectivity index (χ3n) is 4.05. The molecule has 0 aliphatic carbocycles. The Morgan fingerprint density at radius 2 is 1.88 bits per heavy atom. The van der Waals surface area contributed by atoms with Crippen molar-refractivity contribution in [2.24, 2.45) is 0 Å². The summed E-state index contributed by atoms with van der Waals surface area (Å²) in [6, 6.07) is 14.4. The standard InChI is InChI=1S/C20H22BrN5/c1-3-14(2)24-20-25-18(16-7-9-22-10-8-16)12-19(26-20)23-13-15-5-4-6-17(21)11-15/h4-12,14H,3,13H2,1-2H3,(H2,23,24,25,26)/t14-/m0/s1. The van der Waals surface area contributed by atoms with Gasteiger partial charge in [-0.3, -0.25) is 4.98 Å². The molecular weight excluding hydrogens is 390 g/mol. The van der Waals surface area contributed by atoms with Gasteiger partial charge in [0.25, 0.3) is 0 Å². The van der Waals surface area contributed by atoms with E-state index in [0.29, 0.717) is 18.5 Å². The highest BCUT2D eigenvalue weighted by Crippen LogP contribution is 2.22. The van der Waals surface area contributed by atoms with Crippen molar-refractivity contribution < 1.29 is 0 Å². The molecule has 1 aromatic carbocycles. The first-order chi connectivity index (χ1) is 12.6. The van der Waals surface area contributed by atoms with Gasteiger partial charge < -0.3 is 10.6 Å². The van der Waals surface area contributed by atoms with Crippen LogP contribution in [-0.2, 0) is 6.54 Å².